The molecule has 2 N–H and O–H groups in total. The molecule has 0 unspecified atom stereocenters. The van der Waals surface area contributed by atoms with E-state index in [9.17, 15) is 12.8 Å². The van der Waals surface area contributed by atoms with Gasteiger partial charge in [-0.1, -0.05) is 12.1 Å². The molecule has 0 bridgehead atoms. The van der Waals surface area contributed by atoms with Crippen LogP contribution in [0.15, 0.2) is 40.7 Å². The Morgan fingerprint density at radius 1 is 1.24 bits per heavy atom. The van der Waals surface area contributed by atoms with Crippen LogP contribution in [0.2, 0.25) is 0 Å². The zero-order valence-electron chi connectivity index (χ0n) is 14.3. The Morgan fingerprint density at radius 3 is 2.68 bits per heavy atom. The molecule has 1 heterocycles. The molecule has 0 spiro atoms. The molecule has 0 saturated heterocycles. The van der Waals surface area contributed by atoms with Gasteiger partial charge < -0.3 is 10.6 Å². The molecule has 0 aliphatic carbocycles. The van der Waals surface area contributed by atoms with Crippen LogP contribution >= 0.6 is 11.3 Å². The van der Waals surface area contributed by atoms with Crippen LogP contribution in [0.1, 0.15) is 22.9 Å². The molecule has 1 aromatic carbocycles. The summed E-state index contributed by atoms with van der Waals surface area (Å²) in [5.41, 5.74) is 1.14. The van der Waals surface area contributed by atoms with Crippen LogP contribution in [-0.2, 0) is 28.7 Å². The van der Waals surface area contributed by atoms with Crippen molar-refractivity contribution >= 4 is 27.1 Å². The highest BCUT2D eigenvalue weighted by Gasteiger charge is 2.10. The molecule has 0 aliphatic heterocycles. The van der Waals surface area contributed by atoms with Crippen LogP contribution in [0.25, 0.3) is 0 Å². The largest absolute Gasteiger partial charge is 0.357 e. The Morgan fingerprint density at radius 2 is 2.04 bits per heavy atom. The van der Waals surface area contributed by atoms with Crippen molar-refractivity contribution in [3.05, 3.63) is 57.5 Å². The third-order valence-corrected chi connectivity index (χ3v) is 5.06. The number of nitrogens with zero attached hydrogens (tertiary/aromatic N) is 1. The van der Waals surface area contributed by atoms with Crippen molar-refractivity contribution < 1.29 is 12.8 Å². The summed E-state index contributed by atoms with van der Waals surface area (Å²) in [6, 6.07) is 8.13. The van der Waals surface area contributed by atoms with Gasteiger partial charge in [-0.3, -0.25) is 0 Å². The standard InChI is InChI=1S/C17H22FN3O2S2/c1-3-19-17(21-11-16-5-4-8-24-16)20-10-14-9-15(18)7-6-13(14)12-25(2,22)23/h4-9H,3,10-12H2,1-2H3,(H2,19,20,21). The molecule has 0 saturated carbocycles. The van der Waals surface area contributed by atoms with Crippen molar-refractivity contribution in [2.75, 3.05) is 12.8 Å². The summed E-state index contributed by atoms with van der Waals surface area (Å²) in [4.78, 5) is 5.63. The molecule has 2 rings (SSSR count). The normalized spacial score (nSPS) is 12.2. The Hall–Kier alpha value is -1.93. The van der Waals surface area contributed by atoms with Crippen LogP contribution in [-0.4, -0.2) is 27.2 Å². The highest BCUT2D eigenvalue weighted by Crippen LogP contribution is 2.15. The lowest BCUT2D eigenvalue weighted by atomic mass is 10.1. The van der Waals surface area contributed by atoms with Crippen molar-refractivity contribution in [1.29, 1.82) is 0 Å². The van der Waals surface area contributed by atoms with E-state index in [1.807, 2.05) is 24.4 Å². The Kier molecular flexibility index (Phi) is 6.95. The van der Waals surface area contributed by atoms with Crippen molar-refractivity contribution in [2.24, 2.45) is 4.99 Å². The van der Waals surface area contributed by atoms with E-state index in [4.69, 9.17) is 0 Å². The topological polar surface area (TPSA) is 70.6 Å². The number of rotatable bonds is 7. The molecule has 1 aromatic heterocycles. The van der Waals surface area contributed by atoms with E-state index in [1.54, 1.807) is 11.3 Å². The van der Waals surface area contributed by atoms with E-state index < -0.39 is 15.7 Å². The van der Waals surface area contributed by atoms with E-state index in [-0.39, 0.29) is 12.3 Å². The molecule has 0 amide bonds. The molecule has 0 fully saturated rings. The highest BCUT2D eigenvalue weighted by atomic mass is 32.2. The number of halogens is 1. The van der Waals surface area contributed by atoms with Gasteiger partial charge in [-0.15, -0.1) is 11.3 Å². The van der Waals surface area contributed by atoms with Crippen LogP contribution in [0.5, 0.6) is 0 Å². The van der Waals surface area contributed by atoms with Crippen LogP contribution in [0.3, 0.4) is 0 Å². The van der Waals surface area contributed by atoms with Gasteiger partial charge in [-0.25, -0.2) is 17.8 Å². The monoisotopic (exact) mass is 383 g/mol. The minimum atomic E-state index is -3.20. The predicted octanol–water partition coefficient (Wildman–Crippen LogP) is 2.69. The molecular weight excluding hydrogens is 361 g/mol. The first kappa shape index (κ1) is 19.4. The van der Waals surface area contributed by atoms with Gasteiger partial charge in [-0.05, 0) is 41.6 Å². The number of hydrogen-bond donors (Lipinski definition) is 2. The number of thiophene rings is 1. The minimum absolute atomic E-state index is 0.128. The lowest BCUT2D eigenvalue weighted by Gasteiger charge is -2.12. The average Bonchev–Trinajstić information content (AvgIpc) is 3.04. The van der Waals surface area contributed by atoms with Crippen LogP contribution in [0.4, 0.5) is 4.39 Å². The maximum absolute atomic E-state index is 13.6. The van der Waals surface area contributed by atoms with Gasteiger partial charge in [0.25, 0.3) is 0 Å². The van der Waals surface area contributed by atoms with E-state index in [1.165, 1.54) is 23.1 Å². The maximum Gasteiger partial charge on any atom is 0.191 e. The second-order valence-corrected chi connectivity index (χ2v) is 8.78. The Balaban J connectivity index is 2.14. The zero-order valence-corrected chi connectivity index (χ0v) is 15.9. The fourth-order valence-corrected chi connectivity index (χ4v) is 3.75. The quantitative estimate of drug-likeness (QED) is 0.570. The van der Waals surface area contributed by atoms with Crippen molar-refractivity contribution in [1.82, 2.24) is 10.6 Å². The first-order valence-corrected chi connectivity index (χ1v) is 10.8. The molecule has 5 nitrogen and oxygen atoms in total. The van der Waals surface area contributed by atoms with E-state index in [0.29, 0.717) is 30.2 Å². The minimum Gasteiger partial charge on any atom is -0.357 e. The molecule has 136 valence electrons. The van der Waals surface area contributed by atoms with Crippen LogP contribution < -0.4 is 10.6 Å². The fraction of sp³-hybridized carbons (Fsp3) is 0.353. The first-order valence-electron chi connectivity index (χ1n) is 7.87. The lowest BCUT2D eigenvalue weighted by Crippen LogP contribution is -2.36. The summed E-state index contributed by atoms with van der Waals surface area (Å²) in [5, 5.41) is 8.35. The third-order valence-electron chi connectivity index (χ3n) is 3.35. The summed E-state index contributed by atoms with van der Waals surface area (Å²) in [6.07, 6.45) is 1.16. The van der Waals surface area contributed by atoms with Crippen molar-refractivity contribution in [3.63, 3.8) is 0 Å². The Labute approximate surface area is 151 Å². The number of benzene rings is 1. The summed E-state index contributed by atoms with van der Waals surface area (Å²) >= 11 is 1.65. The SMILES string of the molecule is CCNC(=NCc1cc(F)ccc1CS(C)(=O)=O)NCc1cccs1. The van der Waals surface area contributed by atoms with Gasteiger partial charge in [0.2, 0.25) is 0 Å². The number of hydrogen-bond acceptors (Lipinski definition) is 4. The molecule has 0 atom stereocenters. The predicted molar refractivity (Wildman–Crippen MR) is 101 cm³/mol. The maximum atomic E-state index is 13.6. The molecule has 8 heteroatoms. The van der Waals surface area contributed by atoms with Crippen molar-refractivity contribution in [2.45, 2.75) is 25.8 Å². The zero-order chi connectivity index (χ0) is 18.3. The van der Waals surface area contributed by atoms with E-state index in [2.05, 4.69) is 15.6 Å². The fourth-order valence-electron chi connectivity index (χ4n) is 2.25. The van der Waals surface area contributed by atoms with Gasteiger partial charge in [0.1, 0.15) is 5.82 Å². The van der Waals surface area contributed by atoms with Gasteiger partial charge in [0.05, 0.1) is 18.8 Å². The van der Waals surface area contributed by atoms with Gasteiger partial charge in [-0.2, -0.15) is 0 Å². The molecule has 0 radical (unpaired) electrons. The molecular formula is C17H22FN3O2S2. The second kappa shape index (κ2) is 8.96. The summed E-state index contributed by atoms with van der Waals surface area (Å²) in [5.74, 6) is 0.0709. The first-order chi connectivity index (χ1) is 11.9. The summed E-state index contributed by atoms with van der Waals surface area (Å²) in [6.45, 7) is 3.49. The Bertz CT molecular complexity index is 818. The second-order valence-electron chi connectivity index (χ2n) is 5.61. The summed E-state index contributed by atoms with van der Waals surface area (Å²) < 4.78 is 36.7. The highest BCUT2D eigenvalue weighted by molar-refractivity contribution is 7.89. The molecule has 25 heavy (non-hydrogen) atoms. The van der Waals surface area contributed by atoms with Gasteiger partial charge in [0.15, 0.2) is 15.8 Å². The molecule has 2 aromatic rings. The lowest BCUT2D eigenvalue weighted by molar-refractivity contribution is 0.600. The number of guanidine groups is 1. The van der Waals surface area contributed by atoms with E-state index >= 15 is 0 Å². The summed E-state index contributed by atoms with van der Waals surface area (Å²) in [7, 11) is -3.20. The van der Waals surface area contributed by atoms with E-state index in [0.717, 1.165) is 6.26 Å². The number of sulfone groups is 1. The average molecular weight is 384 g/mol. The van der Waals surface area contributed by atoms with Crippen LogP contribution in [0, 0.1) is 5.82 Å². The van der Waals surface area contributed by atoms with Gasteiger partial charge in [0, 0.05) is 17.7 Å². The van der Waals surface area contributed by atoms with Crippen molar-refractivity contribution in [3.8, 4) is 0 Å². The third kappa shape index (κ3) is 6.83. The molecule has 0 aliphatic rings. The smallest absolute Gasteiger partial charge is 0.191 e. The van der Waals surface area contributed by atoms with Gasteiger partial charge >= 0.3 is 0 Å². The number of nitrogens with one attached hydrogen (secondary N) is 2. The number of aliphatic imine (C=N–C) groups is 1.